The maximum absolute atomic E-state index is 12.3. The molecule has 0 atom stereocenters. The molecule has 3 rings (SSSR count). The predicted octanol–water partition coefficient (Wildman–Crippen LogP) is 3.27. The molecule has 156 valence electrons. The number of halogens is 1. The number of rotatable bonds is 8. The van der Waals surface area contributed by atoms with Crippen LogP contribution in [0.5, 0.6) is 5.75 Å². The van der Waals surface area contributed by atoms with E-state index < -0.39 is 0 Å². The van der Waals surface area contributed by atoms with Crippen LogP contribution in [0.1, 0.15) is 17.7 Å². The molecule has 1 aromatic carbocycles. The summed E-state index contributed by atoms with van der Waals surface area (Å²) in [4.78, 5) is 28.5. The summed E-state index contributed by atoms with van der Waals surface area (Å²) in [6.45, 7) is 3.68. The summed E-state index contributed by atoms with van der Waals surface area (Å²) in [5.74, 6) is 1.82. The van der Waals surface area contributed by atoms with Gasteiger partial charge in [0.25, 0.3) is 0 Å². The van der Waals surface area contributed by atoms with E-state index in [9.17, 15) is 9.59 Å². The first-order valence-electron chi connectivity index (χ1n) is 9.54. The highest BCUT2D eigenvalue weighted by Crippen LogP contribution is 2.17. The molecule has 0 spiro atoms. The van der Waals surface area contributed by atoms with Crippen LogP contribution in [0.2, 0.25) is 5.02 Å². The molecule has 1 saturated heterocycles. The van der Waals surface area contributed by atoms with Gasteiger partial charge in [0.1, 0.15) is 18.6 Å². The first-order valence-corrected chi connectivity index (χ1v) is 11.3. The highest BCUT2D eigenvalue weighted by atomic mass is 35.5. The molecular weight excluding hydrogens is 412 g/mol. The molecule has 0 N–H and O–H groups in total. The van der Waals surface area contributed by atoms with Crippen LogP contribution in [-0.4, -0.2) is 53.9 Å². The van der Waals surface area contributed by atoms with Crippen molar-refractivity contribution in [1.82, 2.24) is 9.80 Å². The van der Waals surface area contributed by atoms with Crippen molar-refractivity contribution in [3.8, 4) is 5.75 Å². The van der Waals surface area contributed by atoms with Gasteiger partial charge in [-0.2, -0.15) is 11.8 Å². The van der Waals surface area contributed by atoms with Crippen molar-refractivity contribution >= 4 is 29.3 Å². The van der Waals surface area contributed by atoms with E-state index in [1.807, 2.05) is 29.4 Å². The Morgan fingerprint density at radius 2 is 2.00 bits per heavy atom. The van der Waals surface area contributed by atoms with Gasteiger partial charge in [-0.25, -0.2) is 0 Å². The van der Waals surface area contributed by atoms with Crippen LogP contribution in [0.3, 0.4) is 0 Å². The van der Waals surface area contributed by atoms with Crippen LogP contribution in [0, 0.1) is 0 Å². The normalized spacial score (nSPS) is 14.8. The monoisotopic (exact) mass is 436 g/mol. The number of benzene rings is 1. The highest BCUT2D eigenvalue weighted by Gasteiger charge is 2.21. The maximum Gasteiger partial charge on any atom is 0.227 e. The van der Waals surface area contributed by atoms with Gasteiger partial charge in [0.2, 0.25) is 17.1 Å². The fourth-order valence-electron chi connectivity index (χ4n) is 3.12. The van der Waals surface area contributed by atoms with E-state index >= 15 is 0 Å². The Labute approximate surface area is 179 Å². The van der Waals surface area contributed by atoms with E-state index in [0.717, 1.165) is 24.4 Å². The summed E-state index contributed by atoms with van der Waals surface area (Å²) in [5.41, 5.74) is 0.590. The molecule has 29 heavy (non-hydrogen) atoms. The molecule has 2 aromatic rings. The van der Waals surface area contributed by atoms with Gasteiger partial charge in [0.05, 0.1) is 6.54 Å². The third-order valence-corrected chi connectivity index (χ3v) is 5.80. The lowest BCUT2D eigenvalue weighted by atomic mass is 10.2. The Morgan fingerprint density at radius 3 is 2.69 bits per heavy atom. The van der Waals surface area contributed by atoms with Gasteiger partial charge in [-0.1, -0.05) is 29.8 Å². The van der Waals surface area contributed by atoms with Crippen molar-refractivity contribution in [3.63, 3.8) is 0 Å². The van der Waals surface area contributed by atoms with Crippen molar-refractivity contribution in [2.45, 2.75) is 19.6 Å². The second-order valence-electron chi connectivity index (χ2n) is 6.85. The fraction of sp³-hybridized carbons (Fsp3) is 0.429. The first kappa shape index (κ1) is 21.7. The maximum atomic E-state index is 12.3. The third-order valence-electron chi connectivity index (χ3n) is 4.82. The second kappa shape index (κ2) is 10.7. The molecule has 0 unspecified atom stereocenters. The number of piperazine rings is 1. The fourth-order valence-corrected chi connectivity index (χ4v) is 3.69. The summed E-state index contributed by atoms with van der Waals surface area (Å²) in [6, 6.07) is 8.81. The average Bonchev–Trinajstić information content (AvgIpc) is 2.73. The third kappa shape index (κ3) is 6.26. The largest absolute Gasteiger partial charge is 0.482 e. The Balaban J connectivity index is 1.50. The number of carbonyl (C=O) groups excluding carboxylic acids is 1. The van der Waals surface area contributed by atoms with Gasteiger partial charge in [-0.3, -0.25) is 14.5 Å². The number of carbonyl (C=O) groups is 1. The number of thioether (sulfide) groups is 1. The molecule has 0 aliphatic carbocycles. The number of amides is 1. The molecule has 8 heteroatoms. The van der Waals surface area contributed by atoms with Gasteiger partial charge in [-0.15, -0.1) is 0 Å². The number of ether oxygens (including phenoxy) is 1. The van der Waals surface area contributed by atoms with Gasteiger partial charge in [-0.05, 0) is 12.3 Å². The van der Waals surface area contributed by atoms with Crippen molar-refractivity contribution < 1.29 is 13.9 Å². The lowest BCUT2D eigenvalue weighted by Crippen LogP contribution is -2.48. The Morgan fingerprint density at radius 1 is 1.24 bits per heavy atom. The van der Waals surface area contributed by atoms with Crippen LogP contribution >= 0.6 is 23.4 Å². The molecular formula is C21H25ClN2O4S. The molecule has 0 bridgehead atoms. The molecule has 0 radical (unpaired) electrons. The number of nitrogens with zero attached hydrogens (tertiary/aromatic N) is 2. The zero-order chi connectivity index (χ0) is 20.6. The summed E-state index contributed by atoms with van der Waals surface area (Å²) < 4.78 is 11.2. The molecule has 1 fully saturated rings. The molecule has 6 nitrogen and oxygen atoms in total. The van der Waals surface area contributed by atoms with E-state index in [-0.39, 0.29) is 23.7 Å². The first-order chi connectivity index (χ1) is 14.1. The Kier molecular flexibility index (Phi) is 8.03. The van der Waals surface area contributed by atoms with Crippen LogP contribution in [0.15, 0.2) is 45.8 Å². The van der Waals surface area contributed by atoms with Crippen LogP contribution < -0.4 is 10.2 Å². The molecule has 1 aliphatic heterocycles. The minimum absolute atomic E-state index is 0.165. The van der Waals surface area contributed by atoms with Crippen molar-refractivity contribution in [1.29, 1.82) is 0 Å². The second-order valence-corrected chi connectivity index (χ2v) is 8.25. The van der Waals surface area contributed by atoms with Gasteiger partial charge in [0.15, 0.2) is 0 Å². The molecule has 0 saturated carbocycles. The van der Waals surface area contributed by atoms with Crippen LogP contribution in [0.4, 0.5) is 0 Å². The summed E-state index contributed by atoms with van der Waals surface area (Å²) >= 11 is 7.79. The van der Waals surface area contributed by atoms with Crippen molar-refractivity contribution in [2.24, 2.45) is 0 Å². The van der Waals surface area contributed by atoms with E-state index in [2.05, 4.69) is 4.90 Å². The zero-order valence-corrected chi connectivity index (χ0v) is 18.0. The summed E-state index contributed by atoms with van der Waals surface area (Å²) in [7, 11) is 0. The lowest BCUT2D eigenvalue weighted by molar-refractivity contribution is -0.132. The Hall–Kier alpha value is -1.96. The van der Waals surface area contributed by atoms with Gasteiger partial charge >= 0.3 is 0 Å². The highest BCUT2D eigenvalue weighted by molar-refractivity contribution is 7.98. The van der Waals surface area contributed by atoms with E-state index in [0.29, 0.717) is 36.8 Å². The van der Waals surface area contributed by atoms with Crippen LogP contribution in [0.25, 0.3) is 0 Å². The van der Waals surface area contributed by atoms with E-state index in [1.165, 1.54) is 12.3 Å². The minimum atomic E-state index is -0.218. The van der Waals surface area contributed by atoms with Crippen LogP contribution in [-0.2, 0) is 17.9 Å². The summed E-state index contributed by atoms with van der Waals surface area (Å²) in [6.07, 6.45) is 3.95. The SMILES string of the molecule is CSCCC(=O)N1CCN(Cc2cc(=O)c(OCc3ccccc3Cl)co2)CC1. The Bertz CT molecular complexity index is 881. The van der Waals surface area contributed by atoms with Gasteiger partial charge in [0, 0.05) is 55.0 Å². The quantitative estimate of drug-likeness (QED) is 0.632. The molecule has 1 amide bonds. The zero-order valence-electron chi connectivity index (χ0n) is 16.4. The number of hydrogen-bond donors (Lipinski definition) is 0. The van der Waals surface area contributed by atoms with Crippen molar-refractivity contribution in [3.05, 3.63) is 63.2 Å². The standard InChI is InChI=1S/C21H25ClN2O4S/c1-29-11-6-21(26)24-9-7-23(8-10-24)13-17-12-19(25)20(15-27-17)28-14-16-4-2-3-5-18(16)22/h2-5,12,15H,6-11,13-14H2,1H3. The van der Waals surface area contributed by atoms with E-state index in [1.54, 1.807) is 17.8 Å². The summed E-state index contributed by atoms with van der Waals surface area (Å²) in [5, 5.41) is 0.597. The molecule has 1 aromatic heterocycles. The smallest absolute Gasteiger partial charge is 0.227 e. The van der Waals surface area contributed by atoms with Gasteiger partial charge < -0.3 is 14.1 Å². The molecule has 2 heterocycles. The van der Waals surface area contributed by atoms with E-state index in [4.69, 9.17) is 20.8 Å². The van der Waals surface area contributed by atoms with Crippen molar-refractivity contribution in [2.75, 3.05) is 38.2 Å². The minimum Gasteiger partial charge on any atom is -0.482 e. The lowest BCUT2D eigenvalue weighted by Gasteiger charge is -2.34. The predicted molar refractivity (Wildman–Crippen MR) is 116 cm³/mol. The topological polar surface area (TPSA) is 63.0 Å². The molecule has 1 aliphatic rings. The average molecular weight is 437 g/mol. The number of hydrogen-bond acceptors (Lipinski definition) is 6.